The molecule has 0 bridgehead atoms. The van der Waals surface area contributed by atoms with Crippen LogP contribution in [0.5, 0.6) is 0 Å². The van der Waals surface area contributed by atoms with E-state index in [1.807, 2.05) is 30.5 Å². The molecule has 0 aliphatic carbocycles. The lowest BCUT2D eigenvalue weighted by molar-refractivity contribution is 0.0897. The summed E-state index contributed by atoms with van der Waals surface area (Å²) in [5.74, 6) is 0.567. The van der Waals surface area contributed by atoms with E-state index in [4.69, 9.17) is 32.6 Å². The largest absolute Gasteiger partial charge is 0.407 e. The molecule has 1 aliphatic rings. The topological polar surface area (TPSA) is 58.6 Å². The highest BCUT2D eigenvalue weighted by Crippen LogP contribution is 2.39. The van der Waals surface area contributed by atoms with Gasteiger partial charge in [-0.25, -0.2) is 19.7 Å². The van der Waals surface area contributed by atoms with Crippen LogP contribution in [0.3, 0.4) is 0 Å². The quantitative estimate of drug-likeness (QED) is 0.0881. The molecule has 0 saturated carbocycles. The number of urea groups is 1. The number of hydrogen-bond donors (Lipinski definition) is 0. The van der Waals surface area contributed by atoms with Crippen LogP contribution in [-0.2, 0) is 17.4 Å². The average Bonchev–Trinajstić information content (AvgIpc) is 3.07. The number of fused-ring (bicyclic) bond motifs is 1. The minimum absolute atomic E-state index is 0.0889. The molecule has 6 rings (SSSR count). The molecule has 1 atom stereocenters. The Morgan fingerprint density at radius 3 is 2.21 bits per heavy atom. The van der Waals surface area contributed by atoms with Crippen molar-refractivity contribution in [3.05, 3.63) is 130 Å². The summed E-state index contributed by atoms with van der Waals surface area (Å²) in [4.78, 5) is 27.0. The fraction of sp³-hybridized carbons (Fsp3) is 0.216. The normalized spacial score (nSPS) is 14.0. The van der Waals surface area contributed by atoms with Crippen molar-refractivity contribution >= 4 is 77.6 Å². The van der Waals surface area contributed by atoms with Crippen molar-refractivity contribution < 1.29 is 9.22 Å². The zero-order valence-corrected chi connectivity index (χ0v) is 30.2. The second kappa shape index (κ2) is 14.2. The predicted molar refractivity (Wildman–Crippen MR) is 198 cm³/mol. The first-order chi connectivity index (χ1) is 22.6. The Kier molecular flexibility index (Phi) is 10.1. The zero-order chi connectivity index (χ0) is 33.1. The SMILES string of the molecule is CSc1ncc2c(n1)N(c1cccc(CC(O[SiH](c3ccccc3)c3ccccc3)C(C)(C)C)c1)C(=O)N(c1ccc(Cl)cc1Cl)C2. The third-order valence-corrected chi connectivity index (χ3v) is 11.9. The molecule has 0 saturated heterocycles. The number of carbonyl (C=O) groups is 1. The van der Waals surface area contributed by atoms with E-state index in [2.05, 4.69) is 86.4 Å². The molecule has 1 aliphatic heterocycles. The number of halogens is 2. The number of aromatic nitrogens is 2. The van der Waals surface area contributed by atoms with Crippen LogP contribution in [0.25, 0.3) is 0 Å². The molecule has 4 aromatic carbocycles. The minimum Gasteiger partial charge on any atom is -0.407 e. The van der Waals surface area contributed by atoms with Crippen molar-refractivity contribution in [2.75, 3.05) is 16.1 Å². The number of thioether (sulfide) groups is 1. The molecular weight excluding hydrogens is 663 g/mol. The molecule has 0 spiro atoms. The molecule has 0 fully saturated rings. The first-order valence-corrected chi connectivity index (χ1v) is 19.0. The molecule has 2 heterocycles. The van der Waals surface area contributed by atoms with E-state index in [0.29, 0.717) is 38.8 Å². The molecule has 0 N–H and O–H groups in total. The lowest BCUT2D eigenvalue weighted by atomic mass is 9.85. The highest BCUT2D eigenvalue weighted by Gasteiger charge is 2.36. The van der Waals surface area contributed by atoms with E-state index in [9.17, 15) is 4.79 Å². The molecule has 1 aromatic heterocycles. The summed E-state index contributed by atoms with van der Waals surface area (Å²) in [5.41, 5.74) is 3.00. The van der Waals surface area contributed by atoms with Gasteiger partial charge in [0.1, 0.15) is 0 Å². The van der Waals surface area contributed by atoms with Crippen LogP contribution in [0.2, 0.25) is 10.0 Å². The Hall–Kier alpha value is -3.66. The van der Waals surface area contributed by atoms with Gasteiger partial charge in [-0.1, -0.05) is 129 Å². The number of carbonyl (C=O) groups excluding carboxylic acids is 1. The Morgan fingerprint density at radius 1 is 0.915 bits per heavy atom. The molecule has 240 valence electrons. The van der Waals surface area contributed by atoms with Gasteiger partial charge < -0.3 is 4.43 Å². The molecule has 0 radical (unpaired) electrons. The van der Waals surface area contributed by atoms with Crippen molar-refractivity contribution in [1.82, 2.24) is 9.97 Å². The summed E-state index contributed by atoms with van der Waals surface area (Å²) >= 11 is 14.2. The minimum atomic E-state index is -2.02. The van der Waals surface area contributed by atoms with Crippen LogP contribution in [0.15, 0.2) is 114 Å². The summed E-state index contributed by atoms with van der Waals surface area (Å²) in [5, 5.41) is 3.96. The van der Waals surface area contributed by atoms with E-state index in [1.54, 1.807) is 34.2 Å². The first kappa shape index (κ1) is 33.2. The monoisotopic (exact) mass is 698 g/mol. The Bertz CT molecular complexity index is 1830. The summed E-state index contributed by atoms with van der Waals surface area (Å²) in [6.07, 6.45) is 4.29. The smallest absolute Gasteiger partial charge is 0.335 e. The highest BCUT2D eigenvalue weighted by atomic mass is 35.5. The second-order valence-electron chi connectivity index (χ2n) is 12.6. The number of rotatable bonds is 9. The first-order valence-electron chi connectivity index (χ1n) is 15.4. The Labute approximate surface area is 292 Å². The number of amides is 2. The zero-order valence-electron chi connectivity index (χ0n) is 26.7. The van der Waals surface area contributed by atoms with Gasteiger partial charge in [-0.3, -0.25) is 4.90 Å². The maximum absolute atomic E-state index is 14.4. The van der Waals surface area contributed by atoms with Crippen LogP contribution >= 0.6 is 35.0 Å². The van der Waals surface area contributed by atoms with E-state index < -0.39 is 9.04 Å². The number of nitrogens with zero attached hydrogens (tertiary/aromatic N) is 4. The Morgan fingerprint density at radius 2 is 1.60 bits per heavy atom. The lowest BCUT2D eigenvalue weighted by Crippen LogP contribution is -2.50. The van der Waals surface area contributed by atoms with Gasteiger partial charge in [0.15, 0.2) is 11.0 Å². The molecular formula is C37H36Cl2N4O2SSi. The average molecular weight is 700 g/mol. The predicted octanol–water partition coefficient (Wildman–Crippen LogP) is 8.30. The van der Waals surface area contributed by atoms with Crippen molar-refractivity contribution in [2.45, 2.75) is 45.0 Å². The number of hydrogen-bond acceptors (Lipinski definition) is 5. The maximum Gasteiger partial charge on any atom is 0.335 e. The molecule has 5 aromatic rings. The van der Waals surface area contributed by atoms with Crippen molar-refractivity contribution in [2.24, 2.45) is 5.41 Å². The van der Waals surface area contributed by atoms with Crippen LogP contribution in [0, 0.1) is 5.41 Å². The standard InChI is InChI=1S/C37H36Cl2N4O2SSi/c1-37(2,3)33(45-47(29-14-7-5-8-15-29)30-16-9-6-10-17-30)21-25-12-11-13-28(20-25)43-34-26(23-40-35(41-34)46-4)24-42(36(43)44)32-19-18-27(38)22-31(32)39/h5-20,22-23,33,47H,21,24H2,1-4H3. The van der Waals surface area contributed by atoms with E-state index >= 15 is 0 Å². The molecule has 1 unspecified atom stereocenters. The van der Waals surface area contributed by atoms with Crippen LogP contribution in [0.1, 0.15) is 31.9 Å². The van der Waals surface area contributed by atoms with E-state index in [-0.39, 0.29) is 24.1 Å². The Balaban J connectivity index is 1.37. The van der Waals surface area contributed by atoms with Crippen molar-refractivity contribution in [1.29, 1.82) is 0 Å². The van der Waals surface area contributed by atoms with Crippen LogP contribution in [-0.4, -0.2) is 37.4 Å². The summed E-state index contributed by atoms with van der Waals surface area (Å²) < 4.78 is 7.18. The number of anilines is 3. The summed E-state index contributed by atoms with van der Waals surface area (Å²) in [7, 11) is -2.02. The van der Waals surface area contributed by atoms with Gasteiger partial charge >= 0.3 is 6.03 Å². The molecule has 10 heteroatoms. The van der Waals surface area contributed by atoms with Gasteiger partial charge in [-0.05, 0) is 64.4 Å². The fourth-order valence-corrected chi connectivity index (χ4v) is 9.24. The van der Waals surface area contributed by atoms with Crippen LogP contribution in [0.4, 0.5) is 22.0 Å². The van der Waals surface area contributed by atoms with Gasteiger partial charge in [0.25, 0.3) is 0 Å². The maximum atomic E-state index is 14.4. The van der Waals surface area contributed by atoms with Gasteiger partial charge in [-0.2, -0.15) is 0 Å². The lowest BCUT2D eigenvalue weighted by Gasteiger charge is -2.37. The fourth-order valence-electron chi connectivity index (χ4n) is 5.72. The molecule has 47 heavy (non-hydrogen) atoms. The van der Waals surface area contributed by atoms with Gasteiger partial charge in [0.05, 0.1) is 29.0 Å². The van der Waals surface area contributed by atoms with Gasteiger partial charge in [0.2, 0.25) is 9.04 Å². The molecule has 2 amide bonds. The van der Waals surface area contributed by atoms with E-state index in [0.717, 1.165) is 11.1 Å². The van der Waals surface area contributed by atoms with Crippen LogP contribution < -0.4 is 20.2 Å². The summed E-state index contributed by atoms with van der Waals surface area (Å²) in [6, 6.07) is 34.1. The van der Waals surface area contributed by atoms with Gasteiger partial charge in [-0.15, -0.1) is 0 Å². The number of benzene rings is 4. The van der Waals surface area contributed by atoms with Crippen molar-refractivity contribution in [3.8, 4) is 0 Å². The second-order valence-corrected chi connectivity index (χ2v) is 16.6. The van der Waals surface area contributed by atoms with E-state index in [1.165, 1.54) is 22.1 Å². The highest BCUT2D eigenvalue weighted by molar-refractivity contribution is 7.98. The van der Waals surface area contributed by atoms with Gasteiger partial charge in [0, 0.05) is 16.8 Å². The summed E-state index contributed by atoms with van der Waals surface area (Å²) in [6.45, 7) is 6.96. The third-order valence-electron chi connectivity index (χ3n) is 8.23. The van der Waals surface area contributed by atoms with Crippen molar-refractivity contribution in [3.63, 3.8) is 0 Å². The molecule has 6 nitrogen and oxygen atoms in total. The third kappa shape index (κ3) is 7.42.